The van der Waals surface area contributed by atoms with Crippen LogP contribution in [0.5, 0.6) is 0 Å². The third kappa shape index (κ3) is 14.3. The lowest BCUT2D eigenvalue weighted by Crippen LogP contribution is -2.20. The predicted molar refractivity (Wildman–Crippen MR) is 104 cm³/mol. The minimum atomic E-state index is -1.48. The van der Waals surface area contributed by atoms with Crippen LogP contribution in [0.15, 0.2) is 24.3 Å². The molecule has 0 radical (unpaired) electrons. The summed E-state index contributed by atoms with van der Waals surface area (Å²) in [5, 5.41) is 16.9. The Morgan fingerprint density at radius 1 is 0.656 bits per heavy atom. The number of carboxylic acid groups (broad SMARTS) is 2. The molecule has 0 rings (SSSR count). The molecule has 0 amide bonds. The third-order valence-electron chi connectivity index (χ3n) is 3.32. The second kappa shape index (κ2) is 15.1. The lowest BCUT2D eigenvalue weighted by molar-refractivity contribution is -0.140. The van der Waals surface area contributed by atoms with Crippen LogP contribution >= 0.6 is 0 Å². The van der Waals surface area contributed by atoms with Crippen LogP contribution in [0.3, 0.4) is 0 Å². The second-order valence-corrected chi connectivity index (χ2v) is 6.22. The monoisotopic (exact) mass is 462 g/mol. The highest BCUT2D eigenvalue weighted by Crippen LogP contribution is 2.09. The molecule has 0 aliphatic carbocycles. The maximum absolute atomic E-state index is 11.7. The normalized spacial score (nSPS) is 11.8. The van der Waals surface area contributed by atoms with Gasteiger partial charge in [-0.2, -0.15) is 0 Å². The summed E-state index contributed by atoms with van der Waals surface area (Å²) in [5.74, 6) is -1.61. The van der Waals surface area contributed by atoms with E-state index in [1.807, 2.05) is 0 Å². The van der Waals surface area contributed by atoms with Crippen molar-refractivity contribution in [3.63, 3.8) is 0 Å². The molecule has 2 unspecified atom stereocenters. The number of ether oxygens (including phenoxy) is 6. The molecule has 0 saturated carbocycles. The zero-order chi connectivity index (χ0) is 24.7. The number of carbonyl (C=O) groups is 5. The van der Waals surface area contributed by atoms with Gasteiger partial charge in [0.1, 0.15) is 38.6 Å². The summed E-state index contributed by atoms with van der Waals surface area (Å²) in [6, 6.07) is 0. The fourth-order valence-electron chi connectivity index (χ4n) is 2.05. The molecule has 2 atom stereocenters. The van der Waals surface area contributed by atoms with Crippen molar-refractivity contribution >= 4 is 30.4 Å². The molecule has 0 bridgehead atoms. The van der Waals surface area contributed by atoms with Crippen molar-refractivity contribution in [2.75, 3.05) is 26.4 Å². The summed E-state index contributed by atoms with van der Waals surface area (Å²) >= 11 is 0. The molecule has 0 saturated heterocycles. The SMILES string of the molecule is C=C(CC(C)OC(=O)O)C(=O)OCCOC(=O)OCCOC(=O)C(=C)CC(C)OC(=O)O. The summed E-state index contributed by atoms with van der Waals surface area (Å²) in [7, 11) is 0. The fourth-order valence-corrected chi connectivity index (χ4v) is 2.05. The molecular formula is C19H26O13. The number of carbonyl (C=O) groups excluding carboxylic acids is 3. The van der Waals surface area contributed by atoms with Gasteiger partial charge in [0, 0.05) is 24.0 Å². The van der Waals surface area contributed by atoms with E-state index >= 15 is 0 Å². The lowest BCUT2D eigenvalue weighted by Gasteiger charge is -2.12. The molecule has 0 aliphatic heterocycles. The Labute approximate surface area is 183 Å². The van der Waals surface area contributed by atoms with Crippen molar-refractivity contribution in [2.24, 2.45) is 0 Å². The molecule has 0 fully saturated rings. The van der Waals surface area contributed by atoms with Crippen LogP contribution in [0.1, 0.15) is 26.7 Å². The fraction of sp³-hybridized carbons (Fsp3) is 0.526. The van der Waals surface area contributed by atoms with Crippen LogP contribution in [0, 0.1) is 0 Å². The van der Waals surface area contributed by atoms with Crippen LogP contribution in [-0.4, -0.2) is 79.3 Å². The quantitative estimate of drug-likeness (QED) is 0.166. The van der Waals surface area contributed by atoms with Crippen LogP contribution in [-0.2, 0) is 38.0 Å². The first-order chi connectivity index (χ1) is 14.9. The highest BCUT2D eigenvalue weighted by Gasteiger charge is 2.17. The number of hydrogen-bond acceptors (Lipinski definition) is 11. The van der Waals surface area contributed by atoms with Crippen LogP contribution in [0.4, 0.5) is 14.4 Å². The van der Waals surface area contributed by atoms with Gasteiger partial charge in [0.05, 0.1) is 0 Å². The molecule has 32 heavy (non-hydrogen) atoms. The van der Waals surface area contributed by atoms with Gasteiger partial charge in [-0.3, -0.25) is 0 Å². The average Bonchev–Trinajstić information content (AvgIpc) is 2.66. The standard InChI is InChI=1S/C19H26O13/c1-11(9-13(3)31-17(22)23)15(20)27-5-7-29-19(26)30-8-6-28-16(21)12(2)10-14(4)32-18(24)25/h13-14H,1-2,5-10H2,3-4H3,(H,22,23)(H,24,25). The van der Waals surface area contributed by atoms with Crippen molar-refractivity contribution < 1.29 is 62.6 Å². The summed E-state index contributed by atoms with van der Waals surface area (Å²) < 4.78 is 27.8. The minimum Gasteiger partial charge on any atom is -0.459 e. The van der Waals surface area contributed by atoms with Gasteiger partial charge >= 0.3 is 30.4 Å². The van der Waals surface area contributed by atoms with Crippen molar-refractivity contribution in [3.05, 3.63) is 24.3 Å². The van der Waals surface area contributed by atoms with Gasteiger partial charge in [-0.25, -0.2) is 24.0 Å². The predicted octanol–water partition coefficient (Wildman–Crippen LogP) is 2.28. The highest BCUT2D eigenvalue weighted by molar-refractivity contribution is 5.88. The number of esters is 2. The van der Waals surface area contributed by atoms with Crippen LogP contribution in [0.25, 0.3) is 0 Å². The van der Waals surface area contributed by atoms with Gasteiger partial charge < -0.3 is 38.6 Å². The Morgan fingerprint density at radius 3 is 1.28 bits per heavy atom. The first-order valence-corrected chi connectivity index (χ1v) is 9.20. The Hall–Kier alpha value is -3.77. The molecular weight excluding hydrogens is 436 g/mol. The van der Waals surface area contributed by atoms with E-state index in [-0.39, 0.29) is 50.4 Å². The first-order valence-electron chi connectivity index (χ1n) is 9.20. The highest BCUT2D eigenvalue weighted by atomic mass is 16.7. The van der Waals surface area contributed by atoms with E-state index in [2.05, 4.69) is 32.1 Å². The Balaban J connectivity index is 3.91. The zero-order valence-corrected chi connectivity index (χ0v) is 17.7. The van der Waals surface area contributed by atoms with Crippen molar-refractivity contribution in [1.82, 2.24) is 0 Å². The summed E-state index contributed by atoms with van der Waals surface area (Å²) in [6.45, 7) is 8.55. The Morgan fingerprint density at radius 2 is 0.969 bits per heavy atom. The summed E-state index contributed by atoms with van der Waals surface area (Å²) in [4.78, 5) is 55.5. The van der Waals surface area contributed by atoms with Crippen LogP contribution < -0.4 is 0 Å². The van der Waals surface area contributed by atoms with Crippen molar-refractivity contribution in [1.29, 1.82) is 0 Å². The molecule has 0 aromatic carbocycles. The Bertz CT molecular complexity index is 654. The van der Waals surface area contributed by atoms with Gasteiger partial charge in [-0.15, -0.1) is 0 Å². The smallest absolute Gasteiger partial charge is 0.459 e. The van der Waals surface area contributed by atoms with Gasteiger partial charge in [-0.1, -0.05) is 13.2 Å². The van der Waals surface area contributed by atoms with Crippen molar-refractivity contribution in [2.45, 2.75) is 38.9 Å². The number of rotatable bonds is 14. The maximum atomic E-state index is 11.7. The molecule has 0 aromatic rings. The molecule has 0 heterocycles. The van der Waals surface area contributed by atoms with E-state index in [1.54, 1.807) is 0 Å². The average molecular weight is 462 g/mol. The molecule has 0 spiro atoms. The van der Waals surface area contributed by atoms with Crippen molar-refractivity contribution in [3.8, 4) is 0 Å². The van der Waals surface area contributed by atoms with E-state index in [4.69, 9.17) is 19.7 Å². The number of hydrogen-bond donors (Lipinski definition) is 2. The molecule has 13 heteroatoms. The molecule has 2 N–H and O–H groups in total. The zero-order valence-electron chi connectivity index (χ0n) is 17.7. The second-order valence-electron chi connectivity index (χ2n) is 6.22. The van der Waals surface area contributed by atoms with E-state index in [9.17, 15) is 24.0 Å². The van der Waals surface area contributed by atoms with Gasteiger partial charge in [-0.05, 0) is 13.8 Å². The van der Waals surface area contributed by atoms with Crippen LogP contribution in [0.2, 0.25) is 0 Å². The third-order valence-corrected chi connectivity index (χ3v) is 3.32. The van der Waals surface area contributed by atoms with Gasteiger partial charge in [0.15, 0.2) is 0 Å². The van der Waals surface area contributed by atoms with Gasteiger partial charge in [0.25, 0.3) is 0 Å². The van der Waals surface area contributed by atoms with E-state index in [0.29, 0.717) is 0 Å². The molecule has 13 nitrogen and oxygen atoms in total. The summed E-state index contributed by atoms with van der Waals surface area (Å²) in [5.41, 5.74) is -0.0395. The van der Waals surface area contributed by atoms with E-state index in [0.717, 1.165) is 0 Å². The minimum absolute atomic E-state index is 0.0198. The summed E-state index contributed by atoms with van der Waals surface area (Å²) in [6.07, 6.45) is -5.76. The molecule has 0 aliphatic rings. The van der Waals surface area contributed by atoms with Gasteiger partial charge in [0.2, 0.25) is 0 Å². The molecule has 180 valence electrons. The van der Waals surface area contributed by atoms with E-state index in [1.165, 1.54) is 13.8 Å². The lowest BCUT2D eigenvalue weighted by atomic mass is 10.1. The largest absolute Gasteiger partial charge is 0.508 e. The topological polar surface area (TPSA) is 181 Å². The van der Waals surface area contributed by atoms with E-state index < -0.39 is 42.6 Å². The first kappa shape index (κ1) is 28.2. The molecule has 0 aromatic heterocycles. The Kier molecular flexibility index (Phi) is 13.3. The maximum Gasteiger partial charge on any atom is 0.508 e.